The van der Waals surface area contributed by atoms with E-state index in [-0.39, 0.29) is 31.3 Å². The zero-order valence-electron chi connectivity index (χ0n) is 28.1. The predicted molar refractivity (Wildman–Crippen MR) is 191 cm³/mol. The monoisotopic (exact) mass is 673 g/mol. The molecule has 256 valence electrons. The molecule has 0 aliphatic carbocycles. The molecule has 0 radical (unpaired) electrons. The van der Waals surface area contributed by atoms with E-state index in [0.29, 0.717) is 52.4 Å². The highest BCUT2D eigenvalue weighted by atomic mass is 16.5. The number of nitrogens with one attached hydrogen (secondary N) is 3. The second kappa shape index (κ2) is 15.2. The van der Waals surface area contributed by atoms with Crippen LogP contribution in [0.25, 0.3) is 21.8 Å². The largest absolute Gasteiger partial charge is 0.445 e. The first kappa shape index (κ1) is 32.8. The SMILES string of the molecule is O=C(N[C@@H](CCC(=O)N1CCN(c2ccc3ccccc3[nH+]2)CC1)C(=O)N1CCN(c2ccc3ccccc3[nH+]2)CC1)OCc1ccccc1. The Morgan fingerprint density at radius 2 is 1.14 bits per heavy atom. The van der Waals surface area contributed by atoms with Crippen LogP contribution in [0.3, 0.4) is 0 Å². The van der Waals surface area contributed by atoms with Crippen LogP contribution in [-0.2, 0) is 20.9 Å². The number of H-pyrrole nitrogens is 2. The summed E-state index contributed by atoms with van der Waals surface area (Å²) in [5, 5.41) is 5.08. The molecular formula is C39H43N7O4+2. The number of aromatic nitrogens is 2. The van der Waals surface area contributed by atoms with Gasteiger partial charge >= 0.3 is 6.09 Å². The highest BCUT2D eigenvalue weighted by Gasteiger charge is 2.33. The molecule has 0 spiro atoms. The Labute approximate surface area is 291 Å². The standard InChI is InChI=1S/C39H41N7O4/c47-37(45-24-20-43(21-25-45)35-17-14-30-10-4-6-12-32(30)40-35)19-16-34(42-39(49)50-28-29-8-2-1-3-9-29)38(48)46-26-22-44(23-27-46)36-18-15-31-11-5-7-13-33(31)41-36/h1-15,17-18,34H,16,19-28H2,(H,42,49)/p+2/t34-/m0/s1. The number of carbonyl (C=O) groups excluding carboxylic acids is 3. The third kappa shape index (κ3) is 7.78. The quantitative estimate of drug-likeness (QED) is 0.256. The van der Waals surface area contributed by atoms with Crippen molar-refractivity contribution in [2.24, 2.45) is 0 Å². The summed E-state index contributed by atoms with van der Waals surface area (Å²) >= 11 is 0. The highest BCUT2D eigenvalue weighted by Crippen LogP contribution is 2.19. The molecule has 11 nitrogen and oxygen atoms in total. The molecule has 50 heavy (non-hydrogen) atoms. The molecule has 3 aromatic carbocycles. The lowest BCUT2D eigenvalue weighted by Gasteiger charge is -2.34. The number of carbonyl (C=O) groups is 3. The van der Waals surface area contributed by atoms with Crippen molar-refractivity contribution in [1.29, 1.82) is 0 Å². The number of para-hydroxylation sites is 2. The molecule has 3 amide bonds. The zero-order chi connectivity index (χ0) is 34.3. The summed E-state index contributed by atoms with van der Waals surface area (Å²) in [6.45, 7) is 4.94. The number of pyridine rings is 2. The van der Waals surface area contributed by atoms with Gasteiger partial charge in [0, 0.05) is 29.3 Å². The number of piperazine rings is 2. The molecule has 0 unspecified atom stereocenters. The Bertz CT molecular complexity index is 1960. The zero-order valence-corrected chi connectivity index (χ0v) is 28.1. The molecule has 2 fully saturated rings. The van der Waals surface area contributed by atoms with Crippen molar-refractivity contribution in [3.63, 3.8) is 0 Å². The number of nitrogens with zero attached hydrogens (tertiary/aromatic N) is 4. The molecule has 4 heterocycles. The Kier molecular flexibility index (Phi) is 10.00. The molecule has 7 rings (SSSR count). The van der Waals surface area contributed by atoms with Crippen LogP contribution in [0.1, 0.15) is 18.4 Å². The first-order valence-corrected chi connectivity index (χ1v) is 17.4. The van der Waals surface area contributed by atoms with Gasteiger partial charge in [0.05, 0.1) is 26.2 Å². The Hall–Kier alpha value is -5.71. The van der Waals surface area contributed by atoms with Crippen molar-refractivity contribution < 1.29 is 29.1 Å². The number of hydrogen-bond donors (Lipinski definition) is 1. The molecule has 2 aliphatic rings. The molecule has 5 aromatic rings. The van der Waals surface area contributed by atoms with Gasteiger partial charge in [-0.3, -0.25) is 19.4 Å². The predicted octanol–water partition coefficient (Wildman–Crippen LogP) is 3.69. The Morgan fingerprint density at radius 3 is 1.72 bits per heavy atom. The van der Waals surface area contributed by atoms with Crippen LogP contribution in [0.5, 0.6) is 0 Å². The van der Waals surface area contributed by atoms with E-state index in [1.165, 1.54) is 0 Å². The smallest absolute Gasteiger partial charge is 0.408 e. The number of aromatic amines is 2. The molecular weight excluding hydrogens is 630 g/mol. The van der Waals surface area contributed by atoms with Gasteiger partial charge in [0.1, 0.15) is 49.9 Å². The summed E-state index contributed by atoms with van der Waals surface area (Å²) in [4.78, 5) is 55.4. The minimum Gasteiger partial charge on any atom is -0.445 e. The van der Waals surface area contributed by atoms with Crippen LogP contribution in [0, 0.1) is 0 Å². The molecule has 2 aliphatic heterocycles. The van der Waals surface area contributed by atoms with Crippen molar-refractivity contribution in [1.82, 2.24) is 15.1 Å². The fourth-order valence-corrected chi connectivity index (χ4v) is 6.75. The van der Waals surface area contributed by atoms with Crippen LogP contribution in [0.15, 0.2) is 103 Å². The van der Waals surface area contributed by atoms with Crippen LogP contribution < -0.4 is 25.1 Å². The molecule has 1 atom stereocenters. The van der Waals surface area contributed by atoms with E-state index in [2.05, 4.69) is 73.6 Å². The molecule has 0 saturated carbocycles. The first-order chi connectivity index (χ1) is 24.5. The van der Waals surface area contributed by atoms with Gasteiger partial charge in [-0.15, -0.1) is 0 Å². The second-order valence-electron chi connectivity index (χ2n) is 12.8. The second-order valence-corrected chi connectivity index (χ2v) is 12.8. The molecule has 11 heteroatoms. The lowest BCUT2D eigenvalue weighted by Crippen LogP contribution is -2.56. The van der Waals surface area contributed by atoms with Gasteiger partial charge in [-0.05, 0) is 36.2 Å². The summed E-state index contributed by atoms with van der Waals surface area (Å²) in [5.74, 6) is 1.80. The number of ether oxygens (including phenoxy) is 1. The van der Waals surface area contributed by atoms with Gasteiger partial charge in [-0.2, -0.15) is 0 Å². The fourth-order valence-electron chi connectivity index (χ4n) is 6.75. The first-order valence-electron chi connectivity index (χ1n) is 17.4. The van der Waals surface area contributed by atoms with Crippen LogP contribution >= 0.6 is 0 Å². The van der Waals surface area contributed by atoms with Gasteiger partial charge in [0.15, 0.2) is 0 Å². The van der Waals surface area contributed by atoms with Crippen molar-refractivity contribution in [2.45, 2.75) is 25.5 Å². The van der Waals surface area contributed by atoms with Gasteiger partial charge < -0.3 is 19.9 Å². The van der Waals surface area contributed by atoms with E-state index < -0.39 is 12.1 Å². The molecule has 3 N–H and O–H groups in total. The van der Waals surface area contributed by atoms with E-state index in [1.54, 1.807) is 4.90 Å². The molecule has 0 bridgehead atoms. The molecule has 2 aromatic heterocycles. The number of rotatable bonds is 9. The van der Waals surface area contributed by atoms with Gasteiger partial charge in [0.25, 0.3) is 11.6 Å². The molecule has 2 saturated heterocycles. The summed E-state index contributed by atoms with van der Waals surface area (Å²) in [6, 6.07) is 33.2. The average Bonchev–Trinajstić information content (AvgIpc) is 3.18. The maximum atomic E-state index is 13.9. The summed E-state index contributed by atoms with van der Waals surface area (Å²) in [6.07, 6.45) is -0.344. The maximum absolute atomic E-state index is 13.9. The van der Waals surface area contributed by atoms with Crippen molar-refractivity contribution in [3.05, 3.63) is 109 Å². The minimum atomic E-state index is -0.880. The van der Waals surface area contributed by atoms with Crippen molar-refractivity contribution >= 4 is 51.3 Å². The number of hydrogen-bond acceptors (Lipinski definition) is 6. The number of anilines is 2. The minimum absolute atomic E-state index is 0.0268. The van der Waals surface area contributed by atoms with E-state index >= 15 is 0 Å². The number of benzene rings is 3. The third-order valence-electron chi connectivity index (χ3n) is 9.64. The van der Waals surface area contributed by atoms with E-state index in [9.17, 15) is 14.4 Å². The highest BCUT2D eigenvalue weighted by molar-refractivity contribution is 5.87. The summed E-state index contributed by atoms with van der Waals surface area (Å²) in [7, 11) is 0. The Morgan fingerprint density at radius 1 is 0.620 bits per heavy atom. The normalized spacial score (nSPS) is 15.6. The Balaban J connectivity index is 0.956. The maximum Gasteiger partial charge on any atom is 0.408 e. The van der Waals surface area contributed by atoms with E-state index in [4.69, 9.17) is 4.74 Å². The topological polar surface area (TPSA) is 114 Å². The third-order valence-corrected chi connectivity index (χ3v) is 9.64. The number of amides is 3. The van der Waals surface area contributed by atoms with E-state index in [1.807, 2.05) is 59.5 Å². The van der Waals surface area contributed by atoms with Crippen molar-refractivity contribution in [3.8, 4) is 0 Å². The van der Waals surface area contributed by atoms with Crippen LogP contribution in [0.4, 0.5) is 16.4 Å². The summed E-state index contributed by atoms with van der Waals surface area (Å²) < 4.78 is 5.47. The van der Waals surface area contributed by atoms with Crippen LogP contribution in [0.2, 0.25) is 0 Å². The van der Waals surface area contributed by atoms with Gasteiger partial charge in [0.2, 0.25) is 11.8 Å². The van der Waals surface area contributed by atoms with Crippen molar-refractivity contribution in [2.75, 3.05) is 62.2 Å². The summed E-state index contributed by atoms with van der Waals surface area (Å²) in [5.41, 5.74) is 2.98. The van der Waals surface area contributed by atoms with Crippen LogP contribution in [-0.4, -0.2) is 86.1 Å². The lowest BCUT2D eigenvalue weighted by atomic mass is 10.1. The lowest BCUT2D eigenvalue weighted by molar-refractivity contribution is -0.331. The average molecular weight is 674 g/mol. The number of fused-ring (bicyclic) bond motifs is 2. The van der Waals surface area contributed by atoms with Gasteiger partial charge in [-0.1, -0.05) is 66.7 Å². The number of alkyl carbamates (subject to hydrolysis) is 1. The fraction of sp³-hybridized carbons (Fsp3) is 0.308. The van der Waals surface area contributed by atoms with E-state index in [0.717, 1.165) is 39.0 Å². The van der Waals surface area contributed by atoms with Gasteiger partial charge in [-0.25, -0.2) is 14.8 Å².